The Kier molecular flexibility index (Phi) is 8.93. The van der Waals surface area contributed by atoms with Gasteiger partial charge in [-0.2, -0.15) is 0 Å². The predicted molar refractivity (Wildman–Crippen MR) is 151 cm³/mol. The summed E-state index contributed by atoms with van der Waals surface area (Å²) in [7, 11) is 0. The second-order valence-corrected chi connectivity index (χ2v) is 10.9. The first-order valence-corrected chi connectivity index (χ1v) is 13.9. The fourth-order valence-corrected chi connectivity index (χ4v) is 5.47. The number of rotatable bonds is 7. The van der Waals surface area contributed by atoms with Crippen LogP contribution in [0, 0.1) is 11.7 Å². The van der Waals surface area contributed by atoms with E-state index in [0.717, 1.165) is 54.6 Å². The molecule has 1 aromatic heterocycles. The van der Waals surface area contributed by atoms with Crippen molar-refractivity contribution in [2.75, 3.05) is 25.0 Å². The molecular formula is C27H30ClFN4OS2. The van der Waals surface area contributed by atoms with Crippen LogP contribution in [0.3, 0.4) is 0 Å². The molecule has 0 bridgehead atoms. The van der Waals surface area contributed by atoms with Crippen molar-refractivity contribution in [3.05, 3.63) is 69.4 Å². The average Bonchev–Trinajstić information content (AvgIpc) is 3.39. The van der Waals surface area contributed by atoms with Crippen LogP contribution in [0.5, 0.6) is 0 Å². The van der Waals surface area contributed by atoms with Gasteiger partial charge < -0.3 is 15.5 Å². The molecule has 2 aromatic carbocycles. The van der Waals surface area contributed by atoms with Gasteiger partial charge in [-0.3, -0.25) is 4.79 Å². The number of carbonyl (C=O) groups is 1. The maximum atomic E-state index is 14.0. The summed E-state index contributed by atoms with van der Waals surface area (Å²) in [6, 6.07) is 11.4. The average molecular weight is 545 g/mol. The lowest BCUT2D eigenvalue weighted by molar-refractivity contribution is 0.102. The van der Waals surface area contributed by atoms with Gasteiger partial charge in [-0.05, 0) is 66.9 Å². The lowest BCUT2D eigenvalue weighted by Gasteiger charge is -2.33. The number of nitrogens with zero attached hydrogens (tertiary/aromatic N) is 2. The Hall–Kier alpha value is -2.55. The first kappa shape index (κ1) is 26.5. The van der Waals surface area contributed by atoms with E-state index < -0.39 is 0 Å². The van der Waals surface area contributed by atoms with Crippen LogP contribution in [0.15, 0.2) is 47.8 Å². The van der Waals surface area contributed by atoms with Gasteiger partial charge in [-0.15, -0.1) is 11.3 Å². The van der Waals surface area contributed by atoms with Gasteiger partial charge in [-0.25, -0.2) is 9.37 Å². The molecule has 1 unspecified atom stereocenters. The minimum absolute atomic E-state index is 0.306. The molecule has 1 saturated heterocycles. The van der Waals surface area contributed by atoms with Crippen LogP contribution in [0.1, 0.15) is 54.5 Å². The third-order valence-electron chi connectivity index (χ3n) is 6.57. The number of amides is 1. The van der Waals surface area contributed by atoms with Gasteiger partial charge in [0.1, 0.15) is 11.5 Å². The van der Waals surface area contributed by atoms with Gasteiger partial charge in [0, 0.05) is 47.2 Å². The Morgan fingerprint density at radius 1 is 1.25 bits per heavy atom. The van der Waals surface area contributed by atoms with Crippen molar-refractivity contribution in [2.24, 2.45) is 5.92 Å². The fourth-order valence-electron chi connectivity index (χ4n) is 4.11. The van der Waals surface area contributed by atoms with Crippen LogP contribution < -0.4 is 10.6 Å². The molecule has 3 aromatic rings. The summed E-state index contributed by atoms with van der Waals surface area (Å²) in [5.41, 5.74) is 2.23. The SMILES string of the molecule is CCC(C)CNC(=S)N1CCC(c2nc(C(=O)Nc3ccc(F)cc3-c3ccc(Cl)cc3)cs2)CC1. The maximum absolute atomic E-state index is 14.0. The lowest BCUT2D eigenvalue weighted by Crippen LogP contribution is -2.45. The number of halogens is 2. The number of likely N-dealkylation sites (tertiary alicyclic amines) is 1. The molecule has 5 nitrogen and oxygen atoms in total. The summed E-state index contributed by atoms with van der Waals surface area (Å²) in [6.07, 6.45) is 3.01. The number of aromatic nitrogens is 1. The summed E-state index contributed by atoms with van der Waals surface area (Å²) in [6.45, 7) is 7.04. The van der Waals surface area contributed by atoms with E-state index >= 15 is 0 Å². The first-order chi connectivity index (χ1) is 17.3. The molecule has 1 fully saturated rings. The molecule has 0 spiro atoms. The quantitative estimate of drug-likeness (QED) is 0.315. The number of thiazole rings is 1. The van der Waals surface area contributed by atoms with Gasteiger partial charge in [0.05, 0.1) is 5.01 Å². The largest absolute Gasteiger partial charge is 0.362 e. The number of carbonyl (C=O) groups excluding carboxylic acids is 1. The van der Waals surface area contributed by atoms with Crippen molar-refractivity contribution in [2.45, 2.75) is 39.0 Å². The Balaban J connectivity index is 1.38. The lowest BCUT2D eigenvalue weighted by atomic mass is 9.98. The summed E-state index contributed by atoms with van der Waals surface area (Å²) >= 11 is 13.1. The highest BCUT2D eigenvalue weighted by Crippen LogP contribution is 2.32. The van der Waals surface area contributed by atoms with Crippen molar-refractivity contribution in [1.82, 2.24) is 15.2 Å². The minimum Gasteiger partial charge on any atom is -0.362 e. The summed E-state index contributed by atoms with van der Waals surface area (Å²) < 4.78 is 14.0. The van der Waals surface area contributed by atoms with Gasteiger partial charge in [0.2, 0.25) is 0 Å². The second-order valence-electron chi connectivity index (χ2n) is 9.18. The monoisotopic (exact) mass is 544 g/mol. The zero-order chi connectivity index (χ0) is 25.7. The fraction of sp³-hybridized carbons (Fsp3) is 0.370. The molecule has 190 valence electrons. The highest BCUT2D eigenvalue weighted by molar-refractivity contribution is 7.80. The van der Waals surface area contributed by atoms with E-state index in [-0.39, 0.29) is 11.7 Å². The van der Waals surface area contributed by atoms with E-state index in [4.69, 9.17) is 23.8 Å². The highest BCUT2D eigenvalue weighted by Gasteiger charge is 2.25. The zero-order valence-electron chi connectivity index (χ0n) is 20.4. The topological polar surface area (TPSA) is 57.3 Å². The number of nitrogens with one attached hydrogen (secondary N) is 2. The smallest absolute Gasteiger partial charge is 0.275 e. The van der Waals surface area contributed by atoms with E-state index in [2.05, 4.69) is 34.4 Å². The second kappa shape index (κ2) is 12.1. The third kappa shape index (κ3) is 6.60. The van der Waals surface area contributed by atoms with Crippen LogP contribution in [0.4, 0.5) is 10.1 Å². The van der Waals surface area contributed by atoms with Crippen LogP contribution >= 0.6 is 35.2 Å². The summed E-state index contributed by atoms with van der Waals surface area (Å²) in [4.78, 5) is 19.9. The van der Waals surface area contributed by atoms with E-state index in [1.54, 1.807) is 35.7 Å². The Labute approximate surface area is 226 Å². The van der Waals surface area contributed by atoms with Gasteiger partial charge >= 0.3 is 0 Å². The third-order valence-corrected chi connectivity index (χ3v) is 8.23. The van der Waals surface area contributed by atoms with Crippen LogP contribution in [0.2, 0.25) is 5.02 Å². The molecule has 1 atom stereocenters. The van der Waals surface area contributed by atoms with Gasteiger partial charge in [0.25, 0.3) is 5.91 Å². The van der Waals surface area contributed by atoms with Crippen molar-refractivity contribution in [3.63, 3.8) is 0 Å². The van der Waals surface area contributed by atoms with Gasteiger partial charge in [-0.1, -0.05) is 44.0 Å². The molecule has 36 heavy (non-hydrogen) atoms. The predicted octanol–water partition coefficient (Wildman–Crippen LogP) is 6.95. The molecule has 2 heterocycles. The van der Waals surface area contributed by atoms with E-state index in [9.17, 15) is 9.18 Å². The van der Waals surface area contributed by atoms with Crippen LogP contribution in [-0.4, -0.2) is 40.5 Å². The Bertz CT molecular complexity index is 1210. The number of thiocarbonyl (C=S) groups is 1. The van der Waals surface area contributed by atoms with Crippen molar-refractivity contribution >= 4 is 51.9 Å². The number of anilines is 1. The molecule has 4 rings (SSSR count). The minimum atomic E-state index is -0.380. The molecular weight excluding hydrogens is 515 g/mol. The molecule has 1 aliphatic heterocycles. The van der Waals surface area contributed by atoms with Crippen molar-refractivity contribution in [1.29, 1.82) is 0 Å². The first-order valence-electron chi connectivity index (χ1n) is 12.2. The zero-order valence-corrected chi connectivity index (χ0v) is 22.8. The van der Waals surface area contributed by atoms with Gasteiger partial charge in [0.15, 0.2) is 5.11 Å². The normalized spacial score (nSPS) is 14.9. The number of hydrogen-bond donors (Lipinski definition) is 2. The molecule has 0 radical (unpaired) electrons. The molecule has 0 aliphatic carbocycles. The van der Waals surface area contributed by atoms with Crippen LogP contribution in [0.25, 0.3) is 11.1 Å². The summed E-state index contributed by atoms with van der Waals surface area (Å²) in [5, 5.41) is 10.5. The Morgan fingerprint density at radius 3 is 2.67 bits per heavy atom. The summed E-state index contributed by atoms with van der Waals surface area (Å²) in [5.74, 6) is 0.208. The van der Waals surface area contributed by atoms with E-state index in [0.29, 0.717) is 33.8 Å². The number of benzene rings is 2. The molecule has 0 saturated carbocycles. The highest BCUT2D eigenvalue weighted by atomic mass is 35.5. The Morgan fingerprint density at radius 2 is 1.97 bits per heavy atom. The molecule has 2 N–H and O–H groups in total. The standard InChI is InChI=1S/C27H30ClFN4OS2/c1-3-17(2)15-30-27(35)33-12-10-19(11-13-33)26-32-24(16-36-26)25(34)31-23-9-8-21(29)14-22(23)18-4-6-20(28)7-5-18/h4-9,14,16-17,19H,3,10-13,15H2,1-2H3,(H,30,35)(H,31,34). The van der Waals surface area contributed by atoms with Crippen molar-refractivity contribution in [3.8, 4) is 11.1 Å². The number of hydrogen-bond acceptors (Lipinski definition) is 4. The van der Waals surface area contributed by atoms with E-state index in [1.165, 1.54) is 23.5 Å². The van der Waals surface area contributed by atoms with Crippen LogP contribution in [-0.2, 0) is 0 Å². The molecule has 9 heteroatoms. The number of piperidine rings is 1. The molecule has 1 aliphatic rings. The molecule has 1 amide bonds. The maximum Gasteiger partial charge on any atom is 0.275 e. The van der Waals surface area contributed by atoms with E-state index in [1.807, 2.05) is 0 Å². The van der Waals surface area contributed by atoms with Crippen molar-refractivity contribution < 1.29 is 9.18 Å².